The Balaban J connectivity index is 4.09. The second kappa shape index (κ2) is 8.48. The Labute approximate surface area is 105 Å². The van der Waals surface area contributed by atoms with Gasteiger partial charge in [-0.3, -0.25) is 4.79 Å². The third-order valence-corrected chi connectivity index (χ3v) is 3.09. The number of carboxylic acid groups (broad SMARTS) is 1. The largest absolute Gasteiger partial charge is 0.480 e. The maximum absolute atomic E-state index is 10.9. The van der Waals surface area contributed by atoms with Gasteiger partial charge < -0.3 is 15.7 Å². The fourth-order valence-electron chi connectivity index (χ4n) is 1.60. The van der Waals surface area contributed by atoms with E-state index < -0.39 is 11.5 Å². The van der Waals surface area contributed by atoms with Crippen LogP contribution in [0.2, 0.25) is 0 Å². The average Bonchev–Trinajstić information content (AvgIpc) is 2.28. The van der Waals surface area contributed by atoms with Crippen molar-refractivity contribution in [3.63, 3.8) is 0 Å². The van der Waals surface area contributed by atoms with Gasteiger partial charge in [-0.15, -0.1) is 0 Å². The SMILES string of the molecule is CCCCN(CCCC)CCC(C)(N)C(=O)O. The molecule has 17 heavy (non-hydrogen) atoms. The van der Waals surface area contributed by atoms with Crippen molar-refractivity contribution in [2.24, 2.45) is 5.73 Å². The highest BCUT2D eigenvalue weighted by Gasteiger charge is 2.27. The summed E-state index contributed by atoms with van der Waals surface area (Å²) in [5.74, 6) is -0.913. The predicted molar refractivity (Wildman–Crippen MR) is 71.1 cm³/mol. The highest BCUT2D eigenvalue weighted by Crippen LogP contribution is 2.09. The Morgan fingerprint density at radius 1 is 1.18 bits per heavy atom. The van der Waals surface area contributed by atoms with Crippen LogP contribution >= 0.6 is 0 Å². The van der Waals surface area contributed by atoms with Crippen molar-refractivity contribution in [3.05, 3.63) is 0 Å². The molecule has 0 aliphatic heterocycles. The number of nitrogens with zero attached hydrogens (tertiary/aromatic N) is 1. The molecule has 4 nitrogen and oxygen atoms in total. The van der Waals surface area contributed by atoms with Crippen LogP contribution < -0.4 is 5.73 Å². The smallest absolute Gasteiger partial charge is 0.323 e. The lowest BCUT2D eigenvalue weighted by Gasteiger charge is -2.26. The minimum Gasteiger partial charge on any atom is -0.480 e. The Morgan fingerprint density at radius 3 is 2.00 bits per heavy atom. The quantitative estimate of drug-likeness (QED) is 0.617. The van der Waals surface area contributed by atoms with E-state index >= 15 is 0 Å². The Bertz CT molecular complexity index is 209. The van der Waals surface area contributed by atoms with Crippen LogP contribution in [-0.4, -0.2) is 41.1 Å². The molecule has 0 aliphatic carbocycles. The minimum atomic E-state index is -1.10. The standard InChI is InChI=1S/C13H28N2O2/c1-4-6-9-15(10-7-5-2)11-8-13(3,14)12(16)17/h4-11,14H2,1-3H3,(H,16,17). The summed E-state index contributed by atoms with van der Waals surface area (Å²) in [7, 11) is 0. The summed E-state index contributed by atoms with van der Waals surface area (Å²) < 4.78 is 0. The molecule has 0 aliphatic rings. The van der Waals surface area contributed by atoms with Gasteiger partial charge in [0.25, 0.3) is 0 Å². The summed E-state index contributed by atoms with van der Waals surface area (Å²) in [5.41, 5.74) is 4.64. The maximum Gasteiger partial charge on any atom is 0.323 e. The molecule has 0 heterocycles. The van der Waals surface area contributed by atoms with Crippen LogP contribution in [0.4, 0.5) is 0 Å². The van der Waals surface area contributed by atoms with E-state index in [1.165, 1.54) is 12.8 Å². The summed E-state index contributed by atoms with van der Waals surface area (Å²) in [6.07, 6.45) is 5.18. The molecule has 0 aromatic heterocycles. The molecular weight excluding hydrogens is 216 g/mol. The lowest BCUT2D eigenvalue weighted by Crippen LogP contribution is -2.47. The van der Waals surface area contributed by atoms with E-state index in [2.05, 4.69) is 18.7 Å². The van der Waals surface area contributed by atoms with Crippen LogP contribution in [-0.2, 0) is 4.79 Å². The van der Waals surface area contributed by atoms with Crippen LogP contribution in [0, 0.1) is 0 Å². The van der Waals surface area contributed by atoms with Crippen LogP contribution in [0.1, 0.15) is 52.9 Å². The maximum atomic E-state index is 10.9. The van der Waals surface area contributed by atoms with Gasteiger partial charge in [0.2, 0.25) is 0 Å². The number of aliphatic carboxylic acids is 1. The van der Waals surface area contributed by atoms with Crippen LogP contribution in [0.3, 0.4) is 0 Å². The lowest BCUT2D eigenvalue weighted by molar-refractivity contribution is -0.143. The first kappa shape index (κ1) is 16.4. The first-order chi connectivity index (χ1) is 7.94. The van der Waals surface area contributed by atoms with E-state index in [1.54, 1.807) is 6.92 Å². The number of hydrogen-bond acceptors (Lipinski definition) is 3. The van der Waals surface area contributed by atoms with E-state index in [9.17, 15) is 4.79 Å². The van der Waals surface area contributed by atoms with E-state index in [0.717, 1.165) is 32.5 Å². The van der Waals surface area contributed by atoms with Crippen molar-refractivity contribution >= 4 is 5.97 Å². The topological polar surface area (TPSA) is 66.6 Å². The Morgan fingerprint density at radius 2 is 1.65 bits per heavy atom. The zero-order chi connectivity index (χ0) is 13.3. The summed E-state index contributed by atoms with van der Waals surface area (Å²) >= 11 is 0. The van der Waals surface area contributed by atoms with Gasteiger partial charge in [0, 0.05) is 6.54 Å². The van der Waals surface area contributed by atoms with E-state index in [4.69, 9.17) is 10.8 Å². The Hall–Kier alpha value is -0.610. The number of nitrogens with two attached hydrogens (primary N) is 1. The fourth-order valence-corrected chi connectivity index (χ4v) is 1.60. The van der Waals surface area contributed by atoms with Crippen LogP contribution in [0.15, 0.2) is 0 Å². The molecule has 0 saturated carbocycles. The number of carbonyl (C=O) groups is 1. The minimum absolute atomic E-state index is 0.510. The van der Waals surface area contributed by atoms with Gasteiger partial charge in [0.1, 0.15) is 5.54 Å². The van der Waals surface area contributed by atoms with Gasteiger partial charge in [-0.1, -0.05) is 26.7 Å². The zero-order valence-electron chi connectivity index (χ0n) is 11.5. The van der Waals surface area contributed by atoms with Crippen LogP contribution in [0.25, 0.3) is 0 Å². The van der Waals surface area contributed by atoms with E-state index in [1.807, 2.05) is 0 Å². The number of hydrogen-bond donors (Lipinski definition) is 2. The molecule has 0 fully saturated rings. The molecule has 0 amide bonds. The molecule has 0 radical (unpaired) electrons. The molecule has 0 spiro atoms. The molecule has 0 aromatic carbocycles. The fraction of sp³-hybridized carbons (Fsp3) is 0.923. The van der Waals surface area contributed by atoms with Gasteiger partial charge >= 0.3 is 5.97 Å². The third kappa shape index (κ3) is 7.34. The van der Waals surface area contributed by atoms with Crippen molar-refractivity contribution in [2.75, 3.05) is 19.6 Å². The van der Waals surface area contributed by atoms with Gasteiger partial charge in [-0.2, -0.15) is 0 Å². The monoisotopic (exact) mass is 244 g/mol. The van der Waals surface area contributed by atoms with Crippen molar-refractivity contribution in [1.29, 1.82) is 0 Å². The van der Waals surface area contributed by atoms with Gasteiger partial charge in [0.15, 0.2) is 0 Å². The number of rotatable bonds is 10. The van der Waals surface area contributed by atoms with E-state index in [-0.39, 0.29) is 0 Å². The van der Waals surface area contributed by atoms with Crippen molar-refractivity contribution in [2.45, 2.75) is 58.4 Å². The van der Waals surface area contributed by atoms with Gasteiger partial charge in [-0.25, -0.2) is 0 Å². The van der Waals surface area contributed by atoms with Gasteiger partial charge in [0.05, 0.1) is 0 Å². The molecular formula is C13H28N2O2. The summed E-state index contributed by atoms with van der Waals surface area (Å²) in [6.45, 7) is 8.80. The third-order valence-electron chi connectivity index (χ3n) is 3.09. The first-order valence-electron chi connectivity index (χ1n) is 6.68. The molecule has 4 heteroatoms. The number of carboxylic acids is 1. The molecule has 0 aromatic rings. The summed E-state index contributed by atoms with van der Waals surface area (Å²) in [4.78, 5) is 13.3. The number of unbranched alkanes of at least 4 members (excludes halogenated alkanes) is 2. The molecule has 0 bridgehead atoms. The van der Waals surface area contributed by atoms with Crippen molar-refractivity contribution in [1.82, 2.24) is 4.90 Å². The summed E-state index contributed by atoms with van der Waals surface area (Å²) in [5, 5.41) is 8.96. The second-order valence-electron chi connectivity index (χ2n) is 5.02. The molecule has 3 N–H and O–H groups in total. The average molecular weight is 244 g/mol. The predicted octanol–water partition coefficient (Wildman–Crippen LogP) is 2.08. The highest BCUT2D eigenvalue weighted by molar-refractivity contribution is 5.77. The van der Waals surface area contributed by atoms with Crippen LogP contribution in [0.5, 0.6) is 0 Å². The molecule has 0 saturated heterocycles. The molecule has 102 valence electrons. The molecule has 1 atom stereocenters. The highest BCUT2D eigenvalue weighted by atomic mass is 16.4. The molecule has 1 unspecified atom stereocenters. The van der Waals surface area contributed by atoms with E-state index in [0.29, 0.717) is 6.42 Å². The zero-order valence-corrected chi connectivity index (χ0v) is 11.5. The summed E-state index contributed by atoms with van der Waals surface area (Å²) in [6, 6.07) is 0. The van der Waals surface area contributed by atoms with Crippen molar-refractivity contribution in [3.8, 4) is 0 Å². The van der Waals surface area contributed by atoms with Gasteiger partial charge in [-0.05, 0) is 39.3 Å². The lowest BCUT2D eigenvalue weighted by atomic mass is 9.99. The second-order valence-corrected chi connectivity index (χ2v) is 5.02. The molecule has 0 rings (SSSR count). The normalized spacial score (nSPS) is 14.9. The Kier molecular flexibility index (Phi) is 8.17. The van der Waals surface area contributed by atoms with Crippen molar-refractivity contribution < 1.29 is 9.90 Å². The first-order valence-corrected chi connectivity index (χ1v) is 6.68.